The maximum atomic E-state index is 11.8. The molecule has 0 saturated carbocycles. The van der Waals surface area contributed by atoms with E-state index >= 15 is 0 Å². The number of ether oxygens (including phenoxy) is 1. The second-order valence-electron chi connectivity index (χ2n) is 3.65. The van der Waals surface area contributed by atoms with E-state index in [1.54, 1.807) is 0 Å². The Morgan fingerprint density at radius 1 is 1.47 bits per heavy atom. The van der Waals surface area contributed by atoms with Gasteiger partial charge >= 0.3 is 5.97 Å². The van der Waals surface area contributed by atoms with Gasteiger partial charge in [0.25, 0.3) is 0 Å². The molecule has 1 saturated heterocycles. The Balaban J connectivity index is 1.96. The van der Waals surface area contributed by atoms with Crippen LogP contribution in [0, 0.1) is 0 Å². The lowest BCUT2D eigenvalue weighted by Gasteiger charge is -2.25. The van der Waals surface area contributed by atoms with E-state index in [1.165, 1.54) is 5.38 Å². The number of aromatic nitrogens is 1. The fraction of sp³-hybridized carbons (Fsp3) is 0.500. The minimum atomic E-state index is -1.10. The molecular weight excluding hydrogens is 244 g/mol. The Bertz CT molecular complexity index is 426. The number of Topliss-reactive ketones (excluding diaryl/α,β-unsaturated/α-hetero) is 1. The van der Waals surface area contributed by atoms with Crippen LogP contribution in [0.25, 0.3) is 0 Å². The molecule has 17 heavy (non-hydrogen) atoms. The first-order chi connectivity index (χ1) is 8.16. The average molecular weight is 256 g/mol. The normalized spacial score (nSPS) is 16.9. The highest BCUT2D eigenvalue weighted by Crippen LogP contribution is 2.11. The molecule has 0 spiro atoms. The third-order valence-corrected chi connectivity index (χ3v) is 3.32. The van der Waals surface area contributed by atoms with E-state index in [2.05, 4.69) is 4.98 Å². The Hall–Kier alpha value is -1.31. The number of carbonyl (C=O) groups excluding carboxylic acids is 1. The lowest BCUT2D eigenvalue weighted by atomic mass is 10.3. The van der Waals surface area contributed by atoms with Crippen molar-refractivity contribution in [1.82, 2.24) is 9.88 Å². The van der Waals surface area contributed by atoms with Gasteiger partial charge < -0.3 is 9.84 Å². The average Bonchev–Trinajstić information content (AvgIpc) is 2.79. The van der Waals surface area contributed by atoms with Crippen LogP contribution in [0.2, 0.25) is 0 Å². The largest absolute Gasteiger partial charge is 0.476 e. The van der Waals surface area contributed by atoms with Crippen molar-refractivity contribution in [3.8, 4) is 0 Å². The molecule has 0 unspecified atom stereocenters. The number of hydrogen-bond acceptors (Lipinski definition) is 6. The van der Waals surface area contributed by atoms with Crippen LogP contribution in [-0.2, 0) is 4.74 Å². The highest BCUT2D eigenvalue weighted by Gasteiger charge is 2.19. The molecule has 1 aliphatic rings. The van der Waals surface area contributed by atoms with Gasteiger partial charge in [-0.3, -0.25) is 9.69 Å². The number of nitrogens with zero attached hydrogens (tertiary/aromatic N) is 2. The zero-order valence-electron chi connectivity index (χ0n) is 9.09. The summed E-state index contributed by atoms with van der Waals surface area (Å²) in [5, 5.41) is 10.3. The molecule has 6 nitrogen and oxygen atoms in total. The summed E-state index contributed by atoms with van der Waals surface area (Å²) < 4.78 is 5.18. The van der Waals surface area contributed by atoms with Crippen LogP contribution in [-0.4, -0.2) is 59.6 Å². The van der Waals surface area contributed by atoms with Crippen molar-refractivity contribution in [2.75, 3.05) is 32.8 Å². The van der Waals surface area contributed by atoms with Crippen molar-refractivity contribution < 1.29 is 19.4 Å². The van der Waals surface area contributed by atoms with E-state index in [0.29, 0.717) is 13.2 Å². The van der Waals surface area contributed by atoms with E-state index in [9.17, 15) is 9.59 Å². The second kappa shape index (κ2) is 5.35. The molecule has 1 N–H and O–H groups in total. The highest BCUT2D eigenvalue weighted by atomic mass is 32.1. The van der Waals surface area contributed by atoms with Gasteiger partial charge in [0.15, 0.2) is 10.7 Å². The summed E-state index contributed by atoms with van der Waals surface area (Å²) in [5.74, 6) is -1.24. The van der Waals surface area contributed by atoms with Gasteiger partial charge in [0.1, 0.15) is 0 Å². The predicted octanol–water partition coefficient (Wildman–Crippen LogP) is 0.356. The van der Waals surface area contributed by atoms with E-state index in [1.807, 2.05) is 4.90 Å². The van der Waals surface area contributed by atoms with Gasteiger partial charge in [0, 0.05) is 18.5 Å². The highest BCUT2D eigenvalue weighted by molar-refractivity contribution is 7.12. The lowest BCUT2D eigenvalue weighted by Crippen LogP contribution is -2.39. The molecule has 0 amide bonds. The molecular formula is C10H12N2O4S. The van der Waals surface area contributed by atoms with Crippen LogP contribution >= 0.6 is 11.3 Å². The summed E-state index contributed by atoms with van der Waals surface area (Å²) in [5.41, 5.74) is -0.0691. The minimum absolute atomic E-state index is 0.0691. The summed E-state index contributed by atoms with van der Waals surface area (Å²) >= 11 is 1.08. The molecule has 0 radical (unpaired) electrons. The quantitative estimate of drug-likeness (QED) is 0.783. The summed E-state index contributed by atoms with van der Waals surface area (Å²) in [6.45, 7) is 2.98. The zero-order valence-corrected chi connectivity index (χ0v) is 9.90. The number of rotatable bonds is 4. The van der Waals surface area contributed by atoms with Crippen LogP contribution in [0.3, 0.4) is 0 Å². The molecule has 1 fully saturated rings. The number of carbonyl (C=O) groups is 2. The monoisotopic (exact) mass is 256 g/mol. The Morgan fingerprint density at radius 3 is 2.76 bits per heavy atom. The number of ketones is 1. The fourth-order valence-electron chi connectivity index (χ4n) is 1.53. The van der Waals surface area contributed by atoms with Gasteiger partial charge in [-0.25, -0.2) is 9.78 Å². The van der Waals surface area contributed by atoms with Crippen molar-refractivity contribution in [2.45, 2.75) is 0 Å². The number of carboxylic acid groups (broad SMARTS) is 1. The smallest absolute Gasteiger partial charge is 0.355 e. The van der Waals surface area contributed by atoms with Gasteiger partial charge in [-0.15, -0.1) is 11.3 Å². The topological polar surface area (TPSA) is 79.7 Å². The van der Waals surface area contributed by atoms with Gasteiger partial charge in [-0.05, 0) is 0 Å². The predicted molar refractivity (Wildman–Crippen MR) is 60.7 cm³/mol. The van der Waals surface area contributed by atoms with Crippen LogP contribution in [0.5, 0.6) is 0 Å². The first-order valence-electron chi connectivity index (χ1n) is 5.19. The van der Waals surface area contributed by atoms with Gasteiger partial charge in [0.2, 0.25) is 5.78 Å². The Morgan fingerprint density at radius 2 is 2.18 bits per heavy atom. The van der Waals surface area contributed by atoms with Gasteiger partial charge in [0.05, 0.1) is 19.8 Å². The standard InChI is InChI=1S/C10H12N2O4S/c13-8(5-12-1-3-16-4-2-12)9-11-7(6-17-9)10(14)15/h6H,1-5H2,(H,14,15). The van der Waals surface area contributed by atoms with E-state index < -0.39 is 5.97 Å². The molecule has 1 aliphatic heterocycles. The first kappa shape index (κ1) is 12.2. The van der Waals surface area contributed by atoms with Crippen molar-refractivity contribution in [2.24, 2.45) is 0 Å². The van der Waals surface area contributed by atoms with Crippen molar-refractivity contribution >= 4 is 23.1 Å². The second-order valence-corrected chi connectivity index (χ2v) is 4.51. The molecule has 0 atom stereocenters. The van der Waals surface area contributed by atoms with E-state index in [-0.39, 0.29) is 23.0 Å². The van der Waals surface area contributed by atoms with Crippen molar-refractivity contribution in [3.05, 3.63) is 16.1 Å². The number of hydrogen-bond donors (Lipinski definition) is 1. The molecule has 0 aliphatic carbocycles. The third kappa shape index (κ3) is 3.09. The van der Waals surface area contributed by atoms with Crippen LogP contribution in [0.4, 0.5) is 0 Å². The molecule has 2 rings (SSSR count). The SMILES string of the molecule is O=C(O)c1csc(C(=O)CN2CCOCC2)n1. The van der Waals surface area contributed by atoms with E-state index in [0.717, 1.165) is 24.4 Å². The molecule has 2 heterocycles. The molecule has 0 aromatic carbocycles. The number of aromatic carboxylic acids is 1. The molecule has 0 bridgehead atoms. The van der Waals surface area contributed by atoms with Crippen LogP contribution in [0.1, 0.15) is 20.3 Å². The molecule has 1 aromatic heterocycles. The van der Waals surface area contributed by atoms with Crippen LogP contribution < -0.4 is 0 Å². The molecule has 7 heteroatoms. The van der Waals surface area contributed by atoms with Gasteiger partial charge in [-0.2, -0.15) is 0 Å². The summed E-state index contributed by atoms with van der Waals surface area (Å²) in [7, 11) is 0. The third-order valence-electron chi connectivity index (χ3n) is 2.43. The number of thiazole rings is 1. The summed E-state index contributed by atoms with van der Waals surface area (Å²) in [6.07, 6.45) is 0. The van der Waals surface area contributed by atoms with Crippen LogP contribution in [0.15, 0.2) is 5.38 Å². The summed E-state index contributed by atoms with van der Waals surface area (Å²) in [4.78, 5) is 28.2. The fourth-order valence-corrected chi connectivity index (χ4v) is 2.25. The van der Waals surface area contributed by atoms with Crippen molar-refractivity contribution in [3.63, 3.8) is 0 Å². The number of morpholine rings is 1. The molecule has 92 valence electrons. The minimum Gasteiger partial charge on any atom is -0.476 e. The summed E-state index contributed by atoms with van der Waals surface area (Å²) in [6, 6.07) is 0. The Labute approximate surface area is 102 Å². The molecule has 1 aromatic rings. The maximum Gasteiger partial charge on any atom is 0.355 e. The first-order valence-corrected chi connectivity index (χ1v) is 6.07. The van der Waals surface area contributed by atoms with E-state index in [4.69, 9.17) is 9.84 Å². The lowest BCUT2D eigenvalue weighted by molar-refractivity contribution is 0.0371. The number of carboxylic acids is 1. The Kier molecular flexibility index (Phi) is 3.82. The van der Waals surface area contributed by atoms with Crippen molar-refractivity contribution in [1.29, 1.82) is 0 Å². The maximum absolute atomic E-state index is 11.8. The zero-order chi connectivity index (χ0) is 12.3. The van der Waals surface area contributed by atoms with Gasteiger partial charge in [-0.1, -0.05) is 0 Å².